The Morgan fingerprint density at radius 3 is 2.14 bits per heavy atom. The Bertz CT molecular complexity index is 876. The molecule has 0 unspecified atom stereocenters. The molecule has 5 nitrogen and oxygen atoms in total. The van der Waals surface area contributed by atoms with Crippen LogP contribution in [0.4, 0.5) is 22.0 Å². The molecule has 0 radical (unpaired) electrons. The predicted octanol–water partition coefficient (Wildman–Crippen LogP) is 2.19. The number of benzene rings is 1. The Hall–Kier alpha value is -2.43. The monoisotopic (exact) mass is 336 g/mol. The highest BCUT2D eigenvalue weighted by molar-refractivity contribution is 7.71. The number of hydrogen-bond donors (Lipinski definition) is 1. The standard InChI is InChI=1S/C11H5F5N4OS/c1-3-10(21)20(11(22)19-18-3)17-2-4-5(12)7(14)9(16)8(15)6(4)13/h2H,1H3,(H,19,22)/b17-2-. The maximum absolute atomic E-state index is 13.4. The van der Waals surface area contributed by atoms with Gasteiger partial charge in [0.05, 0.1) is 11.8 Å². The molecule has 0 fully saturated rings. The molecule has 0 saturated carbocycles. The van der Waals surface area contributed by atoms with Gasteiger partial charge in [0.1, 0.15) is 5.69 Å². The van der Waals surface area contributed by atoms with Crippen molar-refractivity contribution >= 4 is 18.4 Å². The van der Waals surface area contributed by atoms with Crippen LogP contribution in [0.15, 0.2) is 9.90 Å². The summed E-state index contributed by atoms with van der Waals surface area (Å²) in [6, 6.07) is 0. The molecule has 0 spiro atoms. The quantitative estimate of drug-likeness (QED) is 0.301. The molecule has 22 heavy (non-hydrogen) atoms. The summed E-state index contributed by atoms with van der Waals surface area (Å²) in [7, 11) is 0. The third kappa shape index (κ3) is 2.54. The summed E-state index contributed by atoms with van der Waals surface area (Å²) in [5, 5.41) is 9.08. The van der Waals surface area contributed by atoms with Gasteiger partial charge in [-0.05, 0) is 19.1 Å². The van der Waals surface area contributed by atoms with Gasteiger partial charge in [-0.2, -0.15) is 14.9 Å². The average molecular weight is 336 g/mol. The van der Waals surface area contributed by atoms with Crippen molar-refractivity contribution in [1.82, 2.24) is 14.9 Å². The van der Waals surface area contributed by atoms with Crippen LogP contribution in [-0.2, 0) is 0 Å². The molecule has 0 amide bonds. The fourth-order valence-electron chi connectivity index (χ4n) is 1.43. The predicted molar refractivity (Wildman–Crippen MR) is 67.6 cm³/mol. The molecule has 0 aliphatic rings. The molecule has 0 aliphatic carbocycles. The van der Waals surface area contributed by atoms with Gasteiger partial charge in [-0.3, -0.25) is 9.89 Å². The van der Waals surface area contributed by atoms with Crippen LogP contribution in [0.1, 0.15) is 11.3 Å². The van der Waals surface area contributed by atoms with Crippen molar-refractivity contribution < 1.29 is 22.0 Å². The van der Waals surface area contributed by atoms with Crippen LogP contribution < -0.4 is 5.56 Å². The van der Waals surface area contributed by atoms with E-state index in [1.165, 1.54) is 6.92 Å². The van der Waals surface area contributed by atoms with Gasteiger partial charge in [0.15, 0.2) is 23.3 Å². The highest BCUT2D eigenvalue weighted by Crippen LogP contribution is 2.21. The van der Waals surface area contributed by atoms with E-state index in [0.717, 1.165) is 0 Å². The molecule has 0 aliphatic heterocycles. The van der Waals surface area contributed by atoms with Crippen molar-refractivity contribution in [3.8, 4) is 0 Å². The summed E-state index contributed by atoms with van der Waals surface area (Å²) in [5.74, 6) is -10.7. The summed E-state index contributed by atoms with van der Waals surface area (Å²) in [6.45, 7) is 1.30. The van der Waals surface area contributed by atoms with Gasteiger partial charge >= 0.3 is 0 Å². The van der Waals surface area contributed by atoms with Crippen molar-refractivity contribution in [2.45, 2.75) is 6.92 Å². The molecule has 1 aromatic heterocycles. The van der Waals surface area contributed by atoms with Crippen LogP contribution in [0.25, 0.3) is 0 Å². The number of aromatic nitrogens is 3. The number of H-pyrrole nitrogens is 1. The third-order valence-corrected chi connectivity index (χ3v) is 2.82. The first kappa shape index (κ1) is 15.9. The number of nitrogens with zero attached hydrogens (tertiary/aromatic N) is 3. The largest absolute Gasteiger partial charge is 0.296 e. The summed E-state index contributed by atoms with van der Waals surface area (Å²) in [4.78, 5) is 11.7. The molecular weight excluding hydrogens is 331 g/mol. The van der Waals surface area contributed by atoms with Gasteiger partial charge in [0, 0.05) is 0 Å². The number of aryl methyl sites for hydroxylation is 1. The third-order valence-electron chi connectivity index (χ3n) is 2.56. The molecule has 0 atom stereocenters. The van der Waals surface area contributed by atoms with E-state index in [0.29, 0.717) is 10.9 Å². The lowest BCUT2D eigenvalue weighted by atomic mass is 10.2. The normalized spacial score (nSPS) is 11.4. The van der Waals surface area contributed by atoms with E-state index in [9.17, 15) is 26.7 Å². The van der Waals surface area contributed by atoms with Gasteiger partial charge < -0.3 is 0 Å². The van der Waals surface area contributed by atoms with Crippen LogP contribution in [-0.4, -0.2) is 21.1 Å². The fraction of sp³-hybridized carbons (Fsp3) is 0.0909. The van der Waals surface area contributed by atoms with Crippen LogP contribution in [0.3, 0.4) is 0 Å². The fourth-order valence-corrected chi connectivity index (χ4v) is 1.60. The first-order valence-electron chi connectivity index (χ1n) is 5.49. The van der Waals surface area contributed by atoms with Crippen molar-refractivity contribution in [1.29, 1.82) is 0 Å². The van der Waals surface area contributed by atoms with Crippen LogP contribution in [0.5, 0.6) is 0 Å². The molecular formula is C11H5F5N4OS. The van der Waals surface area contributed by atoms with Crippen molar-refractivity contribution in [2.75, 3.05) is 0 Å². The number of hydrogen-bond acceptors (Lipinski definition) is 4. The Morgan fingerprint density at radius 2 is 1.59 bits per heavy atom. The lowest BCUT2D eigenvalue weighted by molar-refractivity contribution is 0.377. The first-order chi connectivity index (χ1) is 10.3. The van der Waals surface area contributed by atoms with Crippen molar-refractivity contribution in [3.63, 3.8) is 0 Å². The number of aromatic amines is 1. The Kier molecular flexibility index (Phi) is 4.17. The smallest absolute Gasteiger partial charge is 0.265 e. The number of halogens is 5. The van der Waals surface area contributed by atoms with Gasteiger partial charge in [-0.15, -0.1) is 0 Å². The second-order valence-electron chi connectivity index (χ2n) is 3.96. The number of nitrogens with one attached hydrogen (secondary N) is 1. The minimum Gasteiger partial charge on any atom is -0.265 e. The Balaban J connectivity index is 2.65. The molecule has 0 bridgehead atoms. The van der Waals surface area contributed by atoms with Crippen LogP contribution in [0, 0.1) is 40.8 Å². The molecule has 116 valence electrons. The van der Waals surface area contributed by atoms with E-state index in [1.807, 2.05) is 0 Å². The van der Waals surface area contributed by atoms with Gasteiger partial charge in [0.2, 0.25) is 10.6 Å². The maximum atomic E-state index is 13.4. The first-order valence-corrected chi connectivity index (χ1v) is 5.90. The van der Waals surface area contributed by atoms with Gasteiger partial charge in [0.25, 0.3) is 5.56 Å². The molecule has 2 aromatic rings. The minimum absolute atomic E-state index is 0.0665. The molecule has 1 N–H and O–H groups in total. The molecule has 2 rings (SSSR count). The van der Waals surface area contributed by atoms with E-state index in [2.05, 4.69) is 27.5 Å². The van der Waals surface area contributed by atoms with Gasteiger partial charge in [-0.25, -0.2) is 22.0 Å². The summed E-state index contributed by atoms with van der Waals surface area (Å²) in [6.07, 6.45) is 0.306. The van der Waals surface area contributed by atoms with Crippen molar-refractivity contribution in [2.24, 2.45) is 5.10 Å². The van der Waals surface area contributed by atoms with E-state index >= 15 is 0 Å². The topological polar surface area (TPSA) is 63.0 Å². The zero-order chi connectivity index (χ0) is 16.6. The summed E-state index contributed by atoms with van der Waals surface area (Å²) >= 11 is 4.69. The summed E-state index contributed by atoms with van der Waals surface area (Å²) < 4.78 is 66.0. The van der Waals surface area contributed by atoms with E-state index in [1.54, 1.807) is 0 Å². The Labute approximate surface area is 123 Å². The second kappa shape index (κ2) is 5.75. The molecule has 11 heteroatoms. The zero-order valence-electron chi connectivity index (χ0n) is 10.6. The van der Waals surface area contributed by atoms with Crippen molar-refractivity contribution in [3.05, 3.63) is 55.5 Å². The maximum Gasteiger partial charge on any atom is 0.296 e. The SMILES string of the molecule is Cc1n[nH]c(=S)n(/N=C\c2c(F)c(F)c(F)c(F)c2F)c1=O. The van der Waals surface area contributed by atoms with Gasteiger partial charge in [-0.1, -0.05) is 0 Å². The minimum atomic E-state index is -2.29. The molecule has 0 saturated heterocycles. The second-order valence-corrected chi connectivity index (χ2v) is 4.35. The zero-order valence-corrected chi connectivity index (χ0v) is 11.4. The van der Waals surface area contributed by atoms with E-state index in [4.69, 9.17) is 0 Å². The van der Waals surface area contributed by atoms with E-state index in [-0.39, 0.29) is 10.5 Å². The highest BCUT2D eigenvalue weighted by atomic mass is 32.1. The number of rotatable bonds is 2. The molecule has 1 aromatic carbocycles. The van der Waals surface area contributed by atoms with Crippen LogP contribution >= 0.6 is 12.2 Å². The van der Waals surface area contributed by atoms with E-state index < -0.39 is 40.2 Å². The average Bonchev–Trinajstić information content (AvgIpc) is 2.50. The lowest BCUT2D eigenvalue weighted by Crippen LogP contribution is -2.22. The molecule has 1 heterocycles. The lowest BCUT2D eigenvalue weighted by Gasteiger charge is -2.04. The highest BCUT2D eigenvalue weighted by Gasteiger charge is 2.24. The summed E-state index contributed by atoms with van der Waals surface area (Å²) in [5.41, 5.74) is -2.18. The van der Waals surface area contributed by atoms with Crippen LogP contribution in [0.2, 0.25) is 0 Å². The Morgan fingerprint density at radius 1 is 1.09 bits per heavy atom.